The van der Waals surface area contributed by atoms with Crippen molar-refractivity contribution < 1.29 is 23.5 Å². The van der Waals surface area contributed by atoms with Crippen molar-refractivity contribution in [2.45, 2.75) is 45.1 Å². The molecule has 4 nitrogen and oxygen atoms in total. The van der Waals surface area contributed by atoms with Crippen LogP contribution in [0.4, 0.5) is 8.78 Å². The number of nitrogens with one attached hydrogen (secondary N) is 1. The molecule has 0 heterocycles. The summed E-state index contributed by atoms with van der Waals surface area (Å²) < 4.78 is 26.4. The Labute approximate surface area is 122 Å². The molecule has 0 aliphatic rings. The highest BCUT2D eigenvalue weighted by molar-refractivity contribution is 5.83. The number of amides is 1. The highest BCUT2D eigenvalue weighted by Crippen LogP contribution is 2.13. The molecule has 6 heteroatoms. The van der Waals surface area contributed by atoms with E-state index in [-0.39, 0.29) is 18.4 Å². The average Bonchev–Trinajstić information content (AvgIpc) is 2.44. The Bertz CT molecular complexity index is 506. The van der Waals surface area contributed by atoms with Crippen LogP contribution in [0.2, 0.25) is 0 Å². The van der Waals surface area contributed by atoms with Crippen molar-refractivity contribution in [3.8, 4) is 0 Å². The molecule has 1 aromatic carbocycles. The Hall–Kier alpha value is -1.98. The zero-order chi connectivity index (χ0) is 15.8. The monoisotopic (exact) mass is 299 g/mol. The van der Waals surface area contributed by atoms with E-state index in [0.29, 0.717) is 12.8 Å². The van der Waals surface area contributed by atoms with Gasteiger partial charge in [0.15, 0.2) is 11.6 Å². The number of carboxylic acids is 1. The van der Waals surface area contributed by atoms with Crippen molar-refractivity contribution in [2.75, 3.05) is 0 Å². The summed E-state index contributed by atoms with van der Waals surface area (Å²) in [4.78, 5) is 22.7. The molecular weight excluding hydrogens is 280 g/mol. The van der Waals surface area contributed by atoms with Crippen molar-refractivity contribution in [1.82, 2.24) is 5.32 Å². The molecule has 0 aromatic heterocycles. The van der Waals surface area contributed by atoms with Gasteiger partial charge in [-0.25, -0.2) is 13.6 Å². The van der Waals surface area contributed by atoms with Crippen LogP contribution in [0.5, 0.6) is 0 Å². The summed E-state index contributed by atoms with van der Waals surface area (Å²) in [5.41, 5.74) is 0.102. The van der Waals surface area contributed by atoms with Crippen LogP contribution in [0.15, 0.2) is 18.2 Å². The van der Waals surface area contributed by atoms with Crippen LogP contribution >= 0.6 is 0 Å². The lowest BCUT2D eigenvalue weighted by molar-refractivity contribution is -0.142. The molecule has 2 N–H and O–H groups in total. The predicted molar refractivity (Wildman–Crippen MR) is 73.8 cm³/mol. The molecule has 0 bridgehead atoms. The van der Waals surface area contributed by atoms with Crippen molar-refractivity contribution in [3.05, 3.63) is 35.4 Å². The van der Waals surface area contributed by atoms with Crippen molar-refractivity contribution >= 4 is 11.9 Å². The van der Waals surface area contributed by atoms with Gasteiger partial charge in [-0.05, 0) is 24.5 Å². The number of aryl methyl sites for hydroxylation is 1. The summed E-state index contributed by atoms with van der Waals surface area (Å²) in [6.45, 7) is 1.92. The Morgan fingerprint density at radius 3 is 2.67 bits per heavy atom. The lowest BCUT2D eigenvalue weighted by Crippen LogP contribution is -2.40. The first-order valence-electron chi connectivity index (χ1n) is 6.90. The number of carboxylic acid groups (broad SMARTS) is 1. The molecule has 1 aromatic rings. The molecule has 0 aliphatic heterocycles. The predicted octanol–water partition coefficient (Wildman–Crippen LogP) is 2.66. The number of hydrogen-bond acceptors (Lipinski definition) is 2. The van der Waals surface area contributed by atoms with Crippen LogP contribution in [0, 0.1) is 11.6 Å². The van der Waals surface area contributed by atoms with Crippen LogP contribution in [0.3, 0.4) is 0 Å². The number of hydrogen-bond donors (Lipinski definition) is 2. The second kappa shape index (κ2) is 8.34. The molecule has 0 aliphatic carbocycles. The Morgan fingerprint density at radius 2 is 2.05 bits per heavy atom. The fraction of sp³-hybridized carbons (Fsp3) is 0.467. The number of benzene rings is 1. The number of unbranched alkanes of at least 4 members (excludes halogenated alkanes) is 1. The molecule has 1 rings (SSSR count). The molecule has 116 valence electrons. The van der Waals surface area contributed by atoms with Crippen LogP contribution in [0.25, 0.3) is 0 Å². The first-order chi connectivity index (χ1) is 9.95. The number of aliphatic carboxylic acids is 1. The van der Waals surface area contributed by atoms with Crippen molar-refractivity contribution in [2.24, 2.45) is 0 Å². The van der Waals surface area contributed by atoms with E-state index in [9.17, 15) is 18.4 Å². The van der Waals surface area contributed by atoms with Crippen LogP contribution in [-0.4, -0.2) is 23.0 Å². The van der Waals surface area contributed by atoms with Gasteiger partial charge in [-0.2, -0.15) is 0 Å². The lowest BCUT2D eigenvalue weighted by Gasteiger charge is -2.14. The highest BCUT2D eigenvalue weighted by atomic mass is 19.2. The summed E-state index contributed by atoms with van der Waals surface area (Å²) in [5, 5.41) is 11.4. The SMILES string of the molecule is CCCCC(NC(=O)CCc1cccc(F)c1F)C(=O)O. The minimum Gasteiger partial charge on any atom is -0.480 e. The maximum Gasteiger partial charge on any atom is 0.326 e. The second-order valence-electron chi connectivity index (χ2n) is 4.81. The van der Waals surface area contributed by atoms with E-state index in [1.54, 1.807) is 0 Å². The molecule has 1 amide bonds. The maximum atomic E-state index is 13.4. The van der Waals surface area contributed by atoms with E-state index in [2.05, 4.69) is 5.32 Å². The van der Waals surface area contributed by atoms with E-state index < -0.39 is 29.6 Å². The van der Waals surface area contributed by atoms with E-state index >= 15 is 0 Å². The molecule has 0 radical (unpaired) electrons. The standard InChI is InChI=1S/C15H19F2NO3/c1-2-3-7-12(15(20)21)18-13(19)9-8-10-5-4-6-11(16)14(10)17/h4-6,12H,2-3,7-9H2,1H3,(H,18,19)(H,20,21). The smallest absolute Gasteiger partial charge is 0.326 e. The largest absolute Gasteiger partial charge is 0.480 e. The third kappa shape index (κ3) is 5.49. The van der Waals surface area contributed by atoms with Crippen LogP contribution in [-0.2, 0) is 16.0 Å². The molecule has 1 atom stereocenters. The Balaban J connectivity index is 2.52. The molecule has 0 saturated carbocycles. The number of carbonyl (C=O) groups excluding carboxylic acids is 1. The van der Waals surface area contributed by atoms with E-state index in [0.717, 1.165) is 12.5 Å². The molecule has 1 unspecified atom stereocenters. The van der Waals surface area contributed by atoms with Gasteiger partial charge in [0.2, 0.25) is 5.91 Å². The molecule has 21 heavy (non-hydrogen) atoms. The fourth-order valence-electron chi connectivity index (χ4n) is 1.92. The zero-order valence-electron chi connectivity index (χ0n) is 11.9. The third-order valence-corrected chi connectivity index (χ3v) is 3.13. The Kier molecular flexibility index (Phi) is 6.78. The Morgan fingerprint density at radius 1 is 1.33 bits per heavy atom. The molecule has 0 spiro atoms. The van der Waals surface area contributed by atoms with Gasteiger partial charge in [0.1, 0.15) is 6.04 Å². The normalized spacial score (nSPS) is 12.0. The summed E-state index contributed by atoms with van der Waals surface area (Å²) in [6.07, 6.45) is 1.81. The second-order valence-corrected chi connectivity index (χ2v) is 4.81. The number of carbonyl (C=O) groups is 2. The van der Waals surface area contributed by atoms with Crippen LogP contribution < -0.4 is 5.32 Å². The van der Waals surface area contributed by atoms with Crippen molar-refractivity contribution in [1.29, 1.82) is 0 Å². The van der Waals surface area contributed by atoms with E-state index in [4.69, 9.17) is 5.11 Å². The highest BCUT2D eigenvalue weighted by Gasteiger charge is 2.19. The number of rotatable bonds is 8. The summed E-state index contributed by atoms with van der Waals surface area (Å²) in [6, 6.07) is 2.84. The summed E-state index contributed by atoms with van der Waals surface area (Å²) in [5.74, 6) is -3.50. The van der Waals surface area contributed by atoms with Gasteiger partial charge in [-0.15, -0.1) is 0 Å². The fourth-order valence-corrected chi connectivity index (χ4v) is 1.92. The topological polar surface area (TPSA) is 66.4 Å². The van der Waals surface area contributed by atoms with Gasteiger partial charge in [0, 0.05) is 6.42 Å². The van der Waals surface area contributed by atoms with E-state index in [1.165, 1.54) is 12.1 Å². The van der Waals surface area contributed by atoms with Gasteiger partial charge in [-0.1, -0.05) is 31.9 Å². The first kappa shape index (κ1) is 17.1. The molecule has 0 fully saturated rings. The molecule has 0 saturated heterocycles. The summed E-state index contributed by atoms with van der Waals surface area (Å²) in [7, 11) is 0. The minimum absolute atomic E-state index is 0.0234. The maximum absolute atomic E-state index is 13.4. The minimum atomic E-state index is -1.09. The average molecular weight is 299 g/mol. The molecular formula is C15H19F2NO3. The van der Waals surface area contributed by atoms with Crippen molar-refractivity contribution in [3.63, 3.8) is 0 Å². The number of halogens is 2. The summed E-state index contributed by atoms with van der Waals surface area (Å²) >= 11 is 0. The van der Waals surface area contributed by atoms with Gasteiger partial charge in [0.05, 0.1) is 0 Å². The van der Waals surface area contributed by atoms with Gasteiger partial charge in [0.25, 0.3) is 0 Å². The quantitative estimate of drug-likeness (QED) is 0.775. The first-order valence-corrected chi connectivity index (χ1v) is 6.90. The van der Waals surface area contributed by atoms with Gasteiger partial charge >= 0.3 is 5.97 Å². The van der Waals surface area contributed by atoms with Gasteiger partial charge < -0.3 is 10.4 Å². The lowest BCUT2D eigenvalue weighted by atomic mass is 10.1. The van der Waals surface area contributed by atoms with E-state index in [1.807, 2.05) is 6.92 Å². The zero-order valence-corrected chi connectivity index (χ0v) is 11.9. The third-order valence-electron chi connectivity index (χ3n) is 3.13. The van der Waals surface area contributed by atoms with Crippen LogP contribution in [0.1, 0.15) is 38.2 Å². The van der Waals surface area contributed by atoms with Gasteiger partial charge in [-0.3, -0.25) is 4.79 Å².